The van der Waals surface area contributed by atoms with Crippen LogP contribution in [0.2, 0.25) is 0 Å². The summed E-state index contributed by atoms with van der Waals surface area (Å²) in [6.07, 6.45) is 0. The predicted octanol–water partition coefficient (Wildman–Crippen LogP) is -15.2. The van der Waals surface area contributed by atoms with E-state index in [4.69, 9.17) is 0 Å². The van der Waals surface area contributed by atoms with Crippen molar-refractivity contribution in [2.75, 3.05) is 0 Å². The summed E-state index contributed by atoms with van der Waals surface area (Å²) in [7, 11) is 0. The van der Waals surface area contributed by atoms with Crippen LogP contribution in [0.3, 0.4) is 0 Å². The van der Waals surface area contributed by atoms with Crippen LogP contribution in [0.25, 0.3) is 0 Å². The second kappa shape index (κ2) is 34.9. The molecule has 0 aliphatic heterocycles. The molecule has 0 rings (SSSR count). The number of hydrogen-bond acceptors (Lipinski definition) is 1. The van der Waals surface area contributed by atoms with Gasteiger partial charge in [-0.3, -0.25) is 0 Å². The molecule has 0 aromatic carbocycles. The minimum atomic E-state index is 0. The minimum Gasteiger partial charge on any atom is -1.00 e. The van der Waals surface area contributed by atoms with Gasteiger partial charge in [0.1, 0.15) is 0 Å². The fourth-order valence-electron chi connectivity index (χ4n) is 0. The average molecular weight is 144 g/mol. The fraction of sp³-hybridized carbons (Fsp3) is 0. The van der Waals surface area contributed by atoms with Crippen molar-refractivity contribution >= 4 is 0 Å². The van der Waals surface area contributed by atoms with Crippen LogP contribution in [-0.4, -0.2) is 5.48 Å². The summed E-state index contributed by atoms with van der Waals surface area (Å²) in [5.74, 6) is 0. The first-order valence-corrected chi connectivity index (χ1v) is 0. The second-order valence-electron chi connectivity index (χ2n) is 0. The zero-order valence-electron chi connectivity index (χ0n) is 4.83. The van der Waals surface area contributed by atoms with Gasteiger partial charge in [-0.2, -0.15) is 0 Å². The molecule has 0 unspecified atom stereocenters. The summed E-state index contributed by atoms with van der Waals surface area (Å²) in [5, 5.41) is 0. The Bertz CT molecular complexity index is 7.51. The maximum Gasteiger partial charge on any atom is 1.00 e. The van der Waals surface area contributed by atoms with Crippen molar-refractivity contribution in [3.05, 3.63) is 0 Å². The van der Waals surface area contributed by atoms with E-state index in [2.05, 4.69) is 0 Å². The van der Waals surface area contributed by atoms with Gasteiger partial charge in [0.2, 0.25) is 0 Å². The third-order valence-electron chi connectivity index (χ3n) is 0. The summed E-state index contributed by atoms with van der Waals surface area (Å²) < 4.78 is 0. The summed E-state index contributed by atoms with van der Waals surface area (Å²) in [6, 6.07) is 0. The van der Waals surface area contributed by atoms with Gasteiger partial charge < -0.3 is 17.9 Å². The van der Waals surface area contributed by atoms with Crippen LogP contribution in [-0.2, 0) is 0 Å². The fourth-order valence-corrected chi connectivity index (χ4v) is 0. The largest absolute Gasteiger partial charge is 1.00 e. The molecule has 0 amide bonds. The van der Waals surface area contributed by atoms with Crippen LogP contribution >= 0.6 is 0 Å². The van der Waals surface area contributed by atoms with Crippen LogP contribution in [0.5, 0.6) is 0 Å². The van der Waals surface area contributed by atoms with Crippen LogP contribution in [0.15, 0.2) is 0 Å². The topological polar surface area (TPSA) is 30.0 Å². The van der Waals surface area contributed by atoms with Gasteiger partial charge in [0.15, 0.2) is 0 Å². The first-order chi connectivity index (χ1) is 0. The Kier molecular flexibility index (Phi) is 282. The average Bonchev–Trinajstić information content (AvgIpc) is 0. The Hall–Kier alpha value is 4.25. The van der Waals surface area contributed by atoms with E-state index in [0.717, 1.165) is 0 Å². The third kappa shape index (κ3) is 24.0. The Morgan fingerprint density at radius 1 is 0.500 bits per heavy atom. The van der Waals surface area contributed by atoms with Crippen molar-refractivity contribution < 1.29 is 136 Å². The van der Waals surface area contributed by atoms with Gasteiger partial charge in [-0.05, 0) is 0 Å². The zero-order chi connectivity index (χ0) is 0. The summed E-state index contributed by atoms with van der Waals surface area (Å²) in [5.41, 5.74) is 0. The molecule has 6 heteroatoms. The molecule has 0 saturated heterocycles. The molecule has 0 heterocycles. The molecule has 0 aliphatic carbocycles. The first kappa shape index (κ1) is 48.6. The Labute approximate surface area is 133 Å². The van der Waals surface area contributed by atoms with Gasteiger partial charge >= 0.3 is 118 Å². The van der Waals surface area contributed by atoms with E-state index in [-0.39, 0.29) is 136 Å². The van der Waals surface area contributed by atoms with Gasteiger partial charge in [-0.15, -0.1) is 0 Å². The molecular formula is HClNa4O+2. The maximum absolute atomic E-state index is 0. The molecule has 0 fully saturated rings. The molecule has 16 valence electrons. The van der Waals surface area contributed by atoms with Gasteiger partial charge in [-0.1, -0.05) is 0 Å². The molecular weight excluding hydrogens is 143 g/mol. The SMILES string of the molecule is [Cl-].[Na+].[Na+].[Na+].[Na+].[OH-]. The molecule has 0 aromatic heterocycles. The number of rotatable bonds is 0. The van der Waals surface area contributed by atoms with Gasteiger partial charge in [0, 0.05) is 0 Å². The van der Waals surface area contributed by atoms with Crippen molar-refractivity contribution in [1.29, 1.82) is 0 Å². The summed E-state index contributed by atoms with van der Waals surface area (Å²) >= 11 is 0. The molecule has 1 N–H and O–H groups in total. The summed E-state index contributed by atoms with van der Waals surface area (Å²) in [6.45, 7) is 0. The Morgan fingerprint density at radius 3 is 0.500 bits per heavy atom. The second-order valence-corrected chi connectivity index (χ2v) is 0. The molecule has 6 heavy (non-hydrogen) atoms. The molecule has 0 aliphatic rings. The van der Waals surface area contributed by atoms with Gasteiger partial charge in [-0.25, -0.2) is 0 Å². The monoisotopic (exact) mass is 144 g/mol. The van der Waals surface area contributed by atoms with E-state index < -0.39 is 0 Å². The number of hydrogen-bond donors (Lipinski definition) is 0. The van der Waals surface area contributed by atoms with Crippen molar-refractivity contribution in [2.24, 2.45) is 0 Å². The zero-order valence-corrected chi connectivity index (χ0v) is 13.6. The van der Waals surface area contributed by atoms with Gasteiger partial charge in [0.25, 0.3) is 0 Å². The van der Waals surface area contributed by atoms with E-state index in [1.165, 1.54) is 0 Å². The Morgan fingerprint density at radius 2 is 0.500 bits per heavy atom. The maximum atomic E-state index is 0. The predicted molar refractivity (Wildman–Crippen MR) is 1.94 cm³/mol. The summed E-state index contributed by atoms with van der Waals surface area (Å²) in [4.78, 5) is 0. The van der Waals surface area contributed by atoms with Crippen molar-refractivity contribution in [1.82, 2.24) is 0 Å². The first-order valence-electron chi connectivity index (χ1n) is 0. The molecule has 0 aromatic rings. The van der Waals surface area contributed by atoms with Crippen LogP contribution in [0.4, 0.5) is 0 Å². The van der Waals surface area contributed by atoms with E-state index in [1.54, 1.807) is 0 Å². The van der Waals surface area contributed by atoms with Crippen LogP contribution in [0.1, 0.15) is 0 Å². The van der Waals surface area contributed by atoms with Crippen LogP contribution < -0.4 is 131 Å². The quantitative estimate of drug-likeness (QED) is 0.311. The Balaban J connectivity index is 0. The molecule has 0 saturated carbocycles. The van der Waals surface area contributed by atoms with Crippen LogP contribution in [0, 0.1) is 0 Å². The van der Waals surface area contributed by atoms with E-state index in [1.807, 2.05) is 0 Å². The van der Waals surface area contributed by atoms with E-state index >= 15 is 0 Å². The van der Waals surface area contributed by atoms with Crippen molar-refractivity contribution in [3.63, 3.8) is 0 Å². The van der Waals surface area contributed by atoms with Crippen molar-refractivity contribution in [3.8, 4) is 0 Å². The molecule has 0 bridgehead atoms. The third-order valence-corrected chi connectivity index (χ3v) is 0. The molecule has 0 atom stereocenters. The van der Waals surface area contributed by atoms with Gasteiger partial charge in [0.05, 0.1) is 0 Å². The molecule has 1 nitrogen and oxygen atoms in total. The normalized spacial score (nSPS) is 0. The van der Waals surface area contributed by atoms with Crippen molar-refractivity contribution in [2.45, 2.75) is 0 Å². The van der Waals surface area contributed by atoms with E-state index in [0.29, 0.717) is 0 Å². The smallest absolute Gasteiger partial charge is 1.00 e. The molecule has 0 spiro atoms. The van der Waals surface area contributed by atoms with E-state index in [9.17, 15) is 0 Å². The standard InChI is InChI=1S/ClH.4Na.H2O/h1H;;;;;1H2/q;4*+1;/p-2. The minimum absolute atomic E-state index is 0. The number of halogens is 1. The molecule has 0 radical (unpaired) electrons.